The first-order valence-electron chi connectivity index (χ1n) is 11.7. The Labute approximate surface area is 257 Å². The van der Waals surface area contributed by atoms with Gasteiger partial charge in [0, 0.05) is 5.56 Å². The molecule has 3 aromatic carbocycles. The van der Waals surface area contributed by atoms with Crippen LogP contribution in [0.1, 0.15) is 38.8 Å². The van der Waals surface area contributed by atoms with Crippen LogP contribution >= 0.6 is 46.4 Å². The second-order valence-electron chi connectivity index (χ2n) is 7.89. The molecule has 0 heterocycles. The number of benzene rings is 3. The van der Waals surface area contributed by atoms with Crippen LogP contribution < -0.4 is 33.2 Å². The number of ether oxygens (including phenoxy) is 7. The predicted molar refractivity (Wildman–Crippen MR) is 156 cm³/mol. The average Bonchev–Trinajstić information content (AvgIpc) is 2.96. The van der Waals surface area contributed by atoms with Crippen molar-refractivity contribution in [2.75, 3.05) is 49.3 Å². The molecule has 0 aromatic heterocycles. The van der Waals surface area contributed by atoms with E-state index in [1.54, 1.807) is 6.92 Å². The summed E-state index contributed by atoms with van der Waals surface area (Å²) in [4.78, 5) is 28.4. The first-order valence-corrected chi connectivity index (χ1v) is 13.2. The Morgan fingerprint density at radius 2 is 0.976 bits per heavy atom. The molecule has 41 heavy (non-hydrogen) atoms. The van der Waals surface area contributed by atoms with Crippen LogP contribution in [-0.2, 0) is 0 Å². The van der Waals surface area contributed by atoms with Gasteiger partial charge in [0.05, 0.1) is 86.0 Å². The van der Waals surface area contributed by atoms with Gasteiger partial charge >= 0.3 is 0 Å². The molecular weight excluding hydrogens is 622 g/mol. The summed E-state index contributed by atoms with van der Waals surface area (Å²) in [5.74, 6) is -1.47. The summed E-state index contributed by atoms with van der Waals surface area (Å²) < 4.78 is 38.0. The Hall–Kier alpha value is -3.24. The molecule has 3 aromatic rings. The van der Waals surface area contributed by atoms with Gasteiger partial charge in [-0.1, -0.05) is 46.4 Å². The molecule has 0 aliphatic heterocycles. The topological polar surface area (TPSA) is 98.8 Å². The minimum atomic E-state index is -0.803. The Morgan fingerprint density at radius 1 is 0.610 bits per heavy atom. The number of halogens is 4. The fraction of sp³-hybridized carbons (Fsp3) is 0.286. The second kappa shape index (κ2) is 13.6. The molecule has 0 N–H and O–H groups in total. The van der Waals surface area contributed by atoms with Gasteiger partial charge in [0.2, 0.25) is 17.3 Å². The SMILES string of the molecule is CCOc1cc[c]c(C(=O)c2c(Cl)c(OC)c(OC)c(OC)c2Cl)c1C(=O)c1c(Cl)c(OC)c(OC)c(OC)c1Cl. The van der Waals surface area contributed by atoms with Crippen molar-refractivity contribution in [3.05, 3.63) is 60.5 Å². The van der Waals surface area contributed by atoms with Crippen LogP contribution in [0.15, 0.2) is 12.1 Å². The Kier molecular flexibility index (Phi) is 10.7. The maximum atomic E-state index is 14.3. The lowest BCUT2D eigenvalue weighted by Crippen LogP contribution is -2.16. The van der Waals surface area contributed by atoms with Crippen molar-refractivity contribution in [3.8, 4) is 40.2 Å². The number of hydrogen-bond donors (Lipinski definition) is 0. The van der Waals surface area contributed by atoms with E-state index in [1.165, 1.54) is 54.8 Å². The molecule has 0 amide bonds. The lowest BCUT2D eigenvalue weighted by atomic mass is 9.91. The lowest BCUT2D eigenvalue weighted by Gasteiger charge is -2.21. The van der Waals surface area contributed by atoms with Gasteiger partial charge < -0.3 is 33.2 Å². The quantitative estimate of drug-likeness (QED) is 0.192. The molecule has 3 rings (SSSR count). The van der Waals surface area contributed by atoms with E-state index in [-0.39, 0.29) is 89.2 Å². The van der Waals surface area contributed by atoms with Gasteiger partial charge in [0.25, 0.3) is 0 Å². The molecular formula is C28H25Cl4O9. The van der Waals surface area contributed by atoms with Crippen LogP contribution in [0, 0.1) is 6.07 Å². The number of ketones is 2. The number of carbonyl (C=O) groups excluding carboxylic acids is 2. The highest BCUT2D eigenvalue weighted by Crippen LogP contribution is 2.52. The summed E-state index contributed by atoms with van der Waals surface area (Å²) in [5.41, 5.74) is -0.943. The van der Waals surface area contributed by atoms with E-state index < -0.39 is 11.6 Å². The van der Waals surface area contributed by atoms with Crippen LogP contribution in [0.4, 0.5) is 0 Å². The summed E-state index contributed by atoms with van der Waals surface area (Å²) in [6.45, 7) is 1.86. The van der Waals surface area contributed by atoms with Crippen molar-refractivity contribution in [2.45, 2.75) is 6.92 Å². The minimum Gasteiger partial charge on any atom is -0.493 e. The maximum Gasteiger partial charge on any atom is 0.206 e. The van der Waals surface area contributed by atoms with E-state index in [2.05, 4.69) is 6.07 Å². The Balaban J connectivity index is 2.42. The van der Waals surface area contributed by atoms with Crippen molar-refractivity contribution < 1.29 is 42.7 Å². The van der Waals surface area contributed by atoms with E-state index in [0.29, 0.717) is 0 Å². The molecule has 0 saturated carbocycles. The second-order valence-corrected chi connectivity index (χ2v) is 9.40. The van der Waals surface area contributed by atoms with E-state index in [1.807, 2.05) is 0 Å². The molecule has 0 bridgehead atoms. The predicted octanol–water partition coefficient (Wildman–Crippen LogP) is 7.01. The fourth-order valence-electron chi connectivity index (χ4n) is 4.16. The van der Waals surface area contributed by atoms with Gasteiger partial charge in [0.15, 0.2) is 28.8 Å². The third kappa shape index (κ3) is 5.51. The smallest absolute Gasteiger partial charge is 0.206 e. The van der Waals surface area contributed by atoms with Crippen molar-refractivity contribution in [1.29, 1.82) is 0 Å². The molecule has 219 valence electrons. The molecule has 13 heteroatoms. The number of rotatable bonds is 12. The van der Waals surface area contributed by atoms with Crippen molar-refractivity contribution in [1.82, 2.24) is 0 Å². The van der Waals surface area contributed by atoms with Gasteiger partial charge in [-0.15, -0.1) is 0 Å². The lowest BCUT2D eigenvalue weighted by molar-refractivity contribution is 0.0999. The van der Waals surface area contributed by atoms with Crippen LogP contribution in [-0.4, -0.2) is 60.8 Å². The van der Waals surface area contributed by atoms with Gasteiger partial charge in [-0.2, -0.15) is 0 Å². The van der Waals surface area contributed by atoms with Gasteiger partial charge in [0.1, 0.15) is 5.75 Å². The normalized spacial score (nSPS) is 10.6. The molecule has 9 nitrogen and oxygen atoms in total. The van der Waals surface area contributed by atoms with Crippen molar-refractivity contribution in [3.63, 3.8) is 0 Å². The van der Waals surface area contributed by atoms with E-state index in [4.69, 9.17) is 79.6 Å². The summed E-state index contributed by atoms with van der Waals surface area (Å²) in [6.07, 6.45) is 0. The van der Waals surface area contributed by atoms with Crippen LogP contribution in [0.5, 0.6) is 40.2 Å². The van der Waals surface area contributed by atoms with Gasteiger partial charge in [-0.25, -0.2) is 0 Å². The highest BCUT2D eigenvalue weighted by Gasteiger charge is 2.35. The number of hydrogen-bond acceptors (Lipinski definition) is 9. The van der Waals surface area contributed by atoms with Crippen molar-refractivity contribution in [2.24, 2.45) is 0 Å². The zero-order valence-corrected chi connectivity index (χ0v) is 26.1. The highest BCUT2D eigenvalue weighted by molar-refractivity contribution is 6.45. The van der Waals surface area contributed by atoms with E-state index >= 15 is 0 Å². The standard InChI is InChI=1S/C28H25Cl4O9/c1-8-41-13-11-9-10-12(21(33)15-17(29)23(35-2)27(39-6)24(36-3)18(15)30)14(13)22(34)16-19(31)25(37-4)28(40-7)26(38-5)20(16)32/h9,11H,8H2,1-7H3. The molecule has 0 aliphatic carbocycles. The molecule has 0 saturated heterocycles. The summed E-state index contributed by atoms with van der Waals surface area (Å²) in [7, 11) is 8.03. The Bertz CT molecular complexity index is 1440. The largest absolute Gasteiger partial charge is 0.493 e. The third-order valence-corrected chi connectivity index (χ3v) is 7.33. The Morgan fingerprint density at radius 3 is 1.32 bits per heavy atom. The number of methoxy groups -OCH3 is 6. The first kappa shape index (κ1) is 32.3. The molecule has 0 spiro atoms. The van der Waals surface area contributed by atoms with Gasteiger partial charge in [-0.05, 0) is 25.1 Å². The molecule has 0 fully saturated rings. The average molecular weight is 647 g/mol. The molecule has 1 radical (unpaired) electrons. The van der Waals surface area contributed by atoms with Crippen LogP contribution in [0.3, 0.4) is 0 Å². The first-order chi connectivity index (χ1) is 19.6. The van der Waals surface area contributed by atoms with Crippen molar-refractivity contribution >= 4 is 58.0 Å². The molecule has 0 aliphatic rings. The van der Waals surface area contributed by atoms with Crippen LogP contribution in [0.2, 0.25) is 20.1 Å². The highest BCUT2D eigenvalue weighted by atomic mass is 35.5. The summed E-state index contributed by atoms with van der Waals surface area (Å²) in [5, 5.41) is -0.738. The summed E-state index contributed by atoms with van der Waals surface area (Å²) in [6, 6.07) is 5.68. The fourth-order valence-corrected chi connectivity index (χ4v) is 5.63. The zero-order chi connectivity index (χ0) is 30.6. The van der Waals surface area contributed by atoms with Gasteiger partial charge in [-0.3, -0.25) is 9.59 Å². The maximum absolute atomic E-state index is 14.3. The third-order valence-electron chi connectivity index (χ3n) is 5.89. The zero-order valence-electron chi connectivity index (χ0n) is 23.0. The monoisotopic (exact) mass is 645 g/mol. The minimum absolute atomic E-state index is 0.0108. The molecule has 0 atom stereocenters. The van der Waals surface area contributed by atoms with E-state index in [9.17, 15) is 9.59 Å². The summed E-state index contributed by atoms with van der Waals surface area (Å²) >= 11 is 26.4. The number of carbonyl (C=O) groups is 2. The van der Waals surface area contributed by atoms with Crippen LogP contribution in [0.25, 0.3) is 0 Å². The molecule has 0 unspecified atom stereocenters. The van der Waals surface area contributed by atoms with E-state index in [0.717, 1.165) is 0 Å².